The van der Waals surface area contributed by atoms with Gasteiger partial charge in [0.25, 0.3) is 21.5 Å². The Morgan fingerprint density at radius 3 is 2.57 bits per heavy atom. The molecule has 11 heteroatoms. The maximum Gasteiger partial charge on any atom is 0.269 e. The van der Waals surface area contributed by atoms with E-state index in [0.29, 0.717) is 29.9 Å². The fourth-order valence-corrected chi connectivity index (χ4v) is 5.32. The molecule has 0 bridgehead atoms. The number of pyridine rings is 3. The average molecular weight is 526 g/mol. The fraction of sp³-hybridized carbons (Fsp3) is 0.385. The van der Waals surface area contributed by atoms with Crippen molar-refractivity contribution in [3.8, 4) is 17.1 Å². The third-order valence-electron chi connectivity index (χ3n) is 6.75. The van der Waals surface area contributed by atoms with Gasteiger partial charge in [0.2, 0.25) is 5.88 Å². The first-order valence-corrected chi connectivity index (χ1v) is 13.5. The molecule has 0 saturated carbocycles. The number of carbonyl (C=O) groups excluding carboxylic acids is 1. The number of sulfonamides is 1. The van der Waals surface area contributed by atoms with Gasteiger partial charge in [-0.25, -0.2) is 23.1 Å². The van der Waals surface area contributed by atoms with Crippen LogP contribution in [0.25, 0.3) is 11.3 Å². The molecule has 10 nitrogen and oxygen atoms in total. The smallest absolute Gasteiger partial charge is 0.269 e. The minimum atomic E-state index is -4.41. The number of hydrogen-bond acceptors (Lipinski definition) is 8. The van der Waals surface area contributed by atoms with Gasteiger partial charge in [-0.05, 0) is 70.4 Å². The molecule has 0 aliphatic carbocycles. The number of carbonyl (C=O) groups is 1. The zero-order valence-corrected chi connectivity index (χ0v) is 22.3. The minimum absolute atomic E-state index is 0.0111. The largest absolute Gasteiger partial charge is 0.475 e. The number of hydrogen-bond donors (Lipinski definition) is 2. The van der Waals surface area contributed by atoms with Gasteiger partial charge in [0.05, 0.1) is 17.4 Å². The summed E-state index contributed by atoms with van der Waals surface area (Å²) in [4.78, 5) is 38.3. The van der Waals surface area contributed by atoms with Gasteiger partial charge in [0.1, 0.15) is 5.82 Å². The molecule has 1 aliphatic rings. The Morgan fingerprint density at radius 2 is 1.97 bits per heavy atom. The van der Waals surface area contributed by atoms with Crippen LogP contribution in [0.5, 0.6) is 5.88 Å². The number of ether oxygens (including phenoxy) is 1. The summed E-state index contributed by atoms with van der Waals surface area (Å²) in [6, 6.07) is 9.30. The summed E-state index contributed by atoms with van der Waals surface area (Å²) in [5, 5.41) is 0. The Morgan fingerprint density at radius 1 is 1.22 bits per heavy atom. The molecule has 0 aromatic carbocycles. The second kappa shape index (κ2) is 9.97. The zero-order valence-electron chi connectivity index (χ0n) is 21.5. The van der Waals surface area contributed by atoms with E-state index in [1.165, 1.54) is 12.3 Å². The molecule has 37 heavy (non-hydrogen) atoms. The van der Waals surface area contributed by atoms with E-state index in [4.69, 9.17) is 9.72 Å². The molecule has 1 fully saturated rings. The number of anilines is 1. The molecule has 1 saturated heterocycles. The van der Waals surface area contributed by atoms with Crippen molar-refractivity contribution < 1.29 is 17.9 Å². The van der Waals surface area contributed by atoms with Gasteiger partial charge in [0, 0.05) is 36.1 Å². The van der Waals surface area contributed by atoms with Crippen molar-refractivity contribution in [2.24, 2.45) is 5.92 Å². The van der Waals surface area contributed by atoms with Crippen molar-refractivity contribution in [1.82, 2.24) is 19.7 Å². The number of aromatic amines is 1. The van der Waals surface area contributed by atoms with E-state index < -0.39 is 26.4 Å². The molecule has 4 heterocycles. The maximum atomic E-state index is 13.3. The van der Waals surface area contributed by atoms with Gasteiger partial charge in [0.15, 0.2) is 4.90 Å². The Hall–Kier alpha value is -3.73. The summed E-state index contributed by atoms with van der Waals surface area (Å²) in [6.07, 6.45) is 3.84. The van der Waals surface area contributed by atoms with Crippen molar-refractivity contribution in [2.45, 2.75) is 57.6 Å². The van der Waals surface area contributed by atoms with Crippen LogP contribution in [0.15, 0.2) is 58.5 Å². The first-order valence-electron chi connectivity index (χ1n) is 12.1. The molecule has 1 atom stereocenters. The van der Waals surface area contributed by atoms with E-state index in [1.807, 2.05) is 29.5 Å². The van der Waals surface area contributed by atoms with Crippen LogP contribution in [0, 0.1) is 5.92 Å². The second-order valence-corrected chi connectivity index (χ2v) is 11.6. The predicted molar refractivity (Wildman–Crippen MR) is 140 cm³/mol. The number of nitrogens with zero attached hydrogens (tertiary/aromatic N) is 3. The Labute approximate surface area is 216 Å². The maximum absolute atomic E-state index is 13.3. The molecule has 4 rings (SSSR count). The molecule has 1 unspecified atom stereocenters. The normalized spacial score (nSPS) is 17.1. The standard InChI is InChI=1S/C26H31N5O5S/c1-16(2)36-22-11-8-18(15-28-22)20-10-9-19(23(29-20)31-14-12-17(3)26(31,4)5)24(32)30-37(34,35)21-7-6-13-27-25(21)33/h6-11,13,15-17H,12,14H2,1-5H3,(H,27,33)(H,30,32). The Kier molecular flexibility index (Phi) is 7.09. The van der Waals surface area contributed by atoms with E-state index in [1.54, 1.807) is 24.4 Å². The van der Waals surface area contributed by atoms with Crippen LogP contribution in [-0.2, 0) is 10.0 Å². The highest BCUT2D eigenvalue weighted by atomic mass is 32.2. The number of nitrogens with one attached hydrogen (secondary N) is 2. The average Bonchev–Trinajstić information content (AvgIpc) is 3.10. The molecular formula is C26H31N5O5S. The molecule has 3 aromatic heterocycles. The molecule has 3 aromatic rings. The fourth-order valence-electron chi connectivity index (χ4n) is 4.29. The molecular weight excluding hydrogens is 494 g/mol. The third kappa shape index (κ3) is 5.36. The van der Waals surface area contributed by atoms with Crippen molar-refractivity contribution in [3.63, 3.8) is 0 Å². The SMILES string of the molecule is CC(C)Oc1ccc(-c2ccc(C(=O)NS(=O)(=O)c3ccc[nH]c3=O)c(N3CCC(C)C3(C)C)n2)cn1. The molecule has 196 valence electrons. The lowest BCUT2D eigenvalue weighted by molar-refractivity contribution is 0.0981. The van der Waals surface area contributed by atoms with Crippen LogP contribution in [0.3, 0.4) is 0 Å². The van der Waals surface area contributed by atoms with Crippen LogP contribution in [0.4, 0.5) is 5.82 Å². The lowest BCUT2D eigenvalue weighted by atomic mass is 9.90. The van der Waals surface area contributed by atoms with Gasteiger partial charge >= 0.3 is 0 Å². The number of H-pyrrole nitrogens is 1. The summed E-state index contributed by atoms with van der Waals surface area (Å²) < 4.78 is 33.3. The van der Waals surface area contributed by atoms with Crippen LogP contribution in [-0.4, -0.2) is 47.5 Å². The van der Waals surface area contributed by atoms with E-state index in [9.17, 15) is 18.0 Å². The van der Waals surface area contributed by atoms with Crippen molar-refractivity contribution in [3.05, 3.63) is 64.7 Å². The highest BCUT2D eigenvalue weighted by Crippen LogP contribution is 2.39. The van der Waals surface area contributed by atoms with Gasteiger partial charge in [-0.15, -0.1) is 0 Å². The lowest BCUT2D eigenvalue weighted by Gasteiger charge is -2.36. The van der Waals surface area contributed by atoms with E-state index in [-0.39, 0.29) is 17.2 Å². The molecule has 0 radical (unpaired) electrons. The van der Waals surface area contributed by atoms with Gasteiger partial charge in [-0.2, -0.15) is 0 Å². The predicted octanol–water partition coefficient (Wildman–Crippen LogP) is 3.36. The Bertz CT molecular complexity index is 1470. The number of aromatic nitrogens is 3. The topological polar surface area (TPSA) is 134 Å². The van der Waals surface area contributed by atoms with E-state index in [0.717, 1.165) is 18.1 Å². The van der Waals surface area contributed by atoms with Gasteiger partial charge < -0.3 is 14.6 Å². The molecule has 1 amide bonds. The van der Waals surface area contributed by atoms with Crippen molar-refractivity contribution >= 4 is 21.7 Å². The summed E-state index contributed by atoms with van der Waals surface area (Å²) in [5.74, 6) is 0.302. The van der Waals surface area contributed by atoms with Crippen LogP contribution in [0.2, 0.25) is 0 Å². The summed E-state index contributed by atoms with van der Waals surface area (Å²) >= 11 is 0. The van der Waals surface area contributed by atoms with Crippen LogP contribution in [0.1, 0.15) is 51.4 Å². The Balaban J connectivity index is 1.75. The highest BCUT2D eigenvalue weighted by Gasteiger charge is 2.41. The van der Waals surface area contributed by atoms with E-state index in [2.05, 4.69) is 30.7 Å². The summed E-state index contributed by atoms with van der Waals surface area (Å²) in [6.45, 7) is 10.8. The molecule has 1 aliphatic heterocycles. The molecule has 0 spiro atoms. The monoisotopic (exact) mass is 525 g/mol. The zero-order chi connectivity index (χ0) is 27.0. The number of amides is 1. The van der Waals surface area contributed by atoms with Crippen molar-refractivity contribution in [1.29, 1.82) is 0 Å². The summed E-state index contributed by atoms with van der Waals surface area (Å²) in [5.41, 5.74) is 0.243. The molecule has 2 N–H and O–H groups in total. The number of rotatable bonds is 7. The van der Waals surface area contributed by atoms with E-state index >= 15 is 0 Å². The summed E-state index contributed by atoms with van der Waals surface area (Å²) in [7, 11) is -4.41. The minimum Gasteiger partial charge on any atom is -0.475 e. The van der Waals surface area contributed by atoms with Gasteiger partial charge in [-0.1, -0.05) is 6.92 Å². The van der Waals surface area contributed by atoms with Crippen LogP contribution >= 0.6 is 0 Å². The first-order chi connectivity index (χ1) is 17.4. The second-order valence-electron chi connectivity index (χ2n) is 9.91. The quantitative estimate of drug-likeness (QED) is 0.480. The first kappa shape index (κ1) is 26.3. The lowest BCUT2D eigenvalue weighted by Crippen LogP contribution is -2.44. The van der Waals surface area contributed by atoms with Gasteiger partial charge in [-0.3, -0.25) is 9.59 Å². The van der Waals surface area contributed by atoms with Crippen LogP contribution < -0.4 is 19.9 Å². The third-order valence-corrected chi connectivity index (χ3v) is 8.10. The van der Waals surface area contributed by atoms with Crippen molar-refractivity contribution in [2.75, 3.05) is 11.4 Å². The highest BCUT2D eigenvalue weighted by molar-refractivity contribution is 7.90.